The van der Waals surface area contributed by atoms with Crippen molar-refractivity contribution in [2.75, 3.05) is 4.90 Å². The van der Waals surface area contributed by atoms with Crippen molar-refractivity contribution in [2.24, 2.45) is 0 Å². The first-order chi connectivity index (χ1) is 29.2. The third kappa shape index (κ3) is 5.49. The summed E-state index contributed by atoms with van der Waals surface area (Å²) in [4.78, 5) is 7.18. The number of benzene rings is 10. The molecule has 0 aliphatic heterocycles. The van der Waals surface area contributed by atoms with E-state index in [1.165, 1.54) is 38.2 Å². The second-order valence-corrected chi connectivity index (χ2v) is 15.1. The molecule has 2 aromatic heterocycles. The van der Waals surface area contributed by atoms with E-state index in [0.717, 1.165) is 72.0 Å². The van der Waals surface area contributed by atoms with Crippen LogP contribution in [0.25, 0.3) is 99.1 Å². The van der Waals surface area contributed by atoms with Crippen LogP contribution in [0, 0.1) is 0 Å². The van der Waals surface area contributed by atoms with Crippen LogP contribution in [0.3, 0.4) is 0 Å². The molecule has 0 spiro atoms. The molecular formula is C55H34N2O2. The fourth-order valence-electron chi connectivity index (χ4n) is 8.86. The van der Waals surface area contributed by atoms with Gasteiger partial charge in [-0.25, -0.2) is 4.98 Å². The van der Waals surface area contributed by atoms with E-state index in [0.29, 0.717) is 5.89 Å². The highest BCUT2D eigenvalue weighted by atomic mass is 16.3. The van der Waals surface area contributed by atoms with E-state index in [2.05, 4.69) is 187 Å². The molecular weight excluding hydrogens is 721 g/mol. The molecule has 0 fully saturated rings. The number of furan rings is 1. The quantitative estimate of drug-likeness (QED) is 0.159. The maximum Gasteiger partial charge on any atom is 0.227 e. The summed E-state index contributed by atoms with van der Waals surface area (Å²) in [6.07, 6.45) is 0. The number of anilines is 3. The van der Waals surface area contributed by atoms with Gasteiger partial charge in [-0.05, 0) is 116 Å². The molecule has 0 unspecified atom stereocenters. The molecule has 0 atom stereocenters. The smallest absolute Gasteiger partial charge is 0.227 e. The molecule has 0 N–H and O–H groups in total. The number of para-hydroxylation sites is 2. The summed E-state index contributed by atoms with van der Waals surface area (Å²) in [7, 11) is 0. The number of fused-ring (bicyclic) bond motifs is 8. The van der Waals surface area contributed by atoms with Gasteiger partial charge in [-0.15, -0.1) is 0 Å². The van der Waals surface area contributed by atoms with Crippen molar-refractivity contribution >= 4 is 82.4 Å². The van der Waals surface area contributed by atoms with Crippen LogP contribution in [0.5, 0.6) is 0 Å². The Morgan fingerprint density at radius 1 is 0.356 bits per heavy atom. The first-order valence-electron chi connectivity index (χ1n) is 19.9. The summed E-state index contributed by atoms with van der Waals surface area (Å²) in [5, 5.41) is 9.28. The largest absolute Gasteiger partial charge is 0.456 e. The normalized spacial score (nSPS) is 11.7. The van der Waals surface area contributed by atoms with Gasteiger partial charge in [-0.1, -0.05) is 140 Å². The number of hydrogen-bond donors (Lipinski definition) is 0. The van der Waals surface area contributed by atoms with Crippen molar-refractivity contribution in [3.63, 3.8) is 0 Å². The molecule has 2 heterocycles. The Labute approximate surface area is 339 Å². The highest BCUT2D eigenvalue weighted by Gasteiger charge is 2.24. The van der Waals surface area contributed by atoms with E-state index >= 15 is 0 Å². The van der Waals surface area contributed by atoms with Crippen molar-refractivity contribution < 1.29 is 8.83 Å². The molecule has 59 heavy (non-hydrogen) atoms. The molecule has 0 saturated carbocycles. The fraction of sp³-hybridized carbons (Fsp3) is 0. The Morgan fingerprint density at radius 3 is 1.71 bits per heavy atom. The third-order valence-corrected chi connectivity index (χ3v) is 11.7. The Hall–Kier alpha value is -7.95. The highest BCUT2D eigenvalue weighted by Crippen LogP contribution is 2.48. The Kier molecular flexibility index (Phi) is 7.50. The monoisotopic (exact) mass is 754 g/mol. The third-order valence-electron chi connectivity index (χ3n) is 11.7. The number of oxazole rings is 1. The van der Waals surface area contributed by atoms with Gasteiger partial charge in [0.2, 0.25) is 5.89 Å². The minimum atomic E-state index is 0.568. The van der Waals surface area contributed by atoms with Crippen molar-refractivity contribution in [1.82, 2.24) is 4.98 Å². The van der Waals surface area contributed by atoms with E-state index in [4.69, 9.17) is 13.8 Å². The average molecular weight is 755 g/mol. The number of hydrogen-bond acceptors (Lipinski definition) is 4. The maximum atomic E-state index is 6.79. The average Bonchev–Trinajstić information content (AvgIpc) is 3.91. The summed E-state index contributed by atoms with van der Waals surface area (Å²) in [6, 6.07) is 73.1. The van der Waals surface area contributed by atoms with Crippen LogP contribution in [0.2, 0.25) is 0 Å². The van der Waals surface area contributed by atoms with Crippen molar-refractivity contribution in [2.45, 2.75) is 0 Å². The zero-order chi connectivity index (χ0) is 38.9. The number of aromatic nitrogens is 1. The van der Waals surface area contributed by atoms with E-state index < -0.39 is 0 Å². The molecule has 0 aliphatic rings. The van der Waals surface area contributed by atoms with E-state index in [1.807, 2.05) is 24.3 Å². The molecule has 0 saturated heterocycles. The lowest BCUT2D eigenvalue weighted by atomic mass is 9.93. The highest BCUT2D eigenvalue weighted by molar-refractivity contribution is 6.22. The van der Waals surface area contributed by atoms with Gasteiger partial charge in [0.05, 0.1) is 11.1 Å². The van der Waals surface area contributed by atoms with Gasteiger partial charge >= 0.3 is 0 Å². The zero-order valence-electron chi connectivity index (χ0n) is 31.8. The number of nitrogens with zero attached hydrogens (tertiary/aromatic N) is 2. The van der Waals surface area contributed by atoms with Crippen LogP contribution in [-0.4, -0.2) is 4.98 Å². The minimum absolute atomic E-state index is 0.568. The van der Waals surface area contributed by atoms with Crippen molar-refractivity contribution in [1.29, 1.82) is 0 Å². The van der Waals surface area contributed by atoms with Crippen molar-refractivity contribution in [3.8, 4) is 33.7 Å². The van der Waals surface area contributed by atoms with Crippen LogP contribution < -0.4 is 4.90 Å². The van der Waals surface area contributed by atoms with Gasteiger partial charge in [0.25, 0.3) is 0 Å². The summed E-state index contributed by atoms with van der Waals surface area (Å²) in [5.74, 6) is 0.568. The lowest BCUT2D eigenvalue weighted by molar-refractivity contribution is 0.619. The topological polar surface area (TPSA) is 42.4 Å². The van der Waals surface area contributed by atoms with Gasteiger partial charge in [0.1, 0.15) is 16.7 Å². The van der Waals surface area contributed by atoms with E-state index in [-0.39, 0.29) is 0 Å². The fourth-order valence-corrected chi connectivity index (χ4v) is 8.86. The molecule has 0 aliphatic carbocycles. The molecule has 12 aromatic rings. The number of rotatable bonds is 6. The SMILES string of the molecule is c1ccc(-c2ccc(N(c3ccc(-c4cc5ccccc5c5ccccc45)cc3)c3c4ccccc4cc4oc5cc(-c6nc7ccccc7o6)ccc5c34)cc2)cc1. The summed E-state index contributed by atoms with van der Waals surface area (Å²) >= 11 is 0. The van der Waals surface area contributed by atoms with Crippen LogP contribution >= 0.6 is 0 Å². The summed E-state index contributed by atoms with van der Waals surface area (Å²) in [6.45, 7) is 0. The Balaban J connectivity index is 1.07. The van der Waals surface area contributed by atoms with Crippen molar-refractivity contribution in [3.05, 3.63) is 206 Å². The molecule has 0 bridgehead atoms. The first kappa shape index (κ1) is 33.2. The first-order valence-corrected chi connectivity index (χ1v) is 19.9. The van der Waals surface area contributed by atoms with Gasteiger partial charge in [0, 0.05) is 27.7 Å². The molecule has 10 aromatic carbocycles. The van der Waals surface area contributed by atoms with Crippen LogP contribution in [0.1, 0.15) is 0 Å². The lowest BCUT2D eigenvalue weighted by Gasteiger charge is -2.28. The van der Waals surface area contributed by atoms with Crippen LogP contribution in [0.4, 0.5) is 17.1 Å². The second-order valence-electron chi connectivity index (χ2n) is 15.1. The summed E-state index contributed by atoms with van der Waals surface area (Å²) in [5.41, 5.74) is 11.9. The lowest BCUT2D eigenvalue weighted by Crippen LogP contribution is -2.11. The Bertz CT molecular complexity index is 3510. The predicted molar refractivity (Wildman–Crippen MR) is 245 cm³/mol. The standard InChI is InChI=1S/C55H34N2O2/c1-2-12-35(13-3-1)36-22-27-41(28-23-36)57(42-29-24-37(25-30-42)48-32-38-14-4-6-16-43(38)45-18-8-9-19-46(45)48)54-44-17-7-5-15-39(44)33-52-53(54)47-31-26-40(34-51(47)58-52)55-56-49-20-10-11-21-50(49)59-55/h1-34H. The molecule has 12 rings (SSSR count). The minimum Gasteiger partial charge on any atom is -0.456 e. The van der Waals surface area contributed by atoms with E-state index in [1.54, 1.807) is 0 Å². The van der Waals surface area contributed by atoms with Crippen LogP contribution in [0.15, 0.2) is 215 Å². The van der Waals surface area contributed by atoms with Gasteiger partial charge < -0.3 is 13.7 Å². The van der Waals surface area contributed by atoms with Gasteiger partial charge in [0.15, 0.2) is 5.58 Å². The molecule has 4 nitrogen and oxygen atoms in total. The van der Waals surface area contributed by atoms with Gasteiger partial charge in [-0.3, -0.25) is 0 Å². The molecule has 0 radical (unpaired) electrons. The predicted octanol–water partition coefficient (Wildman–Crippen LogP) is 15.7. The molecule has 0 amide bonds. The maximum absolute atomic E-state index is 6.79. The second kappa shape index (κ2) is 13.3. The zero-order valence-corrected chi connectivity index (χ0v) is 31.8. The molecule has 4 heteroatoms. The van der Waals surface area contributed by atoms with Gasteiger partial charge in [-0.2, -0.15) is 0 Å². The Morgan fingerprint density at radius 2 is 0.949 bits per heavy atom. The van der Waals surface area contributed by atoms with E-state index in [9.17, 15) is 0 Å². The summed E-state index contributed by atoms with van der Waals surface area (Å²) < 4.78 is 13.0. The van der Waals surface area contributed by atoms with Crippen LogP contribution in [-0.2, 0) is 0 Å². The molecule has 276 valence electrons.